The first-order valence-electron chi connectivity index (χ1n) is 5.99. The van der Waals surface area contributed by atoms with Crippen molar-refractivity contribution in [2.24, 2.45) is 0 Å². The van der Waals surface area contributed by atoms with E-state index in [1.54, 1.807) is 0 Å². The molecule has 0 heterocycles. The normalized spacial score (nSPS) is 12.2. The van der Waals surface area contributed by atoms with Gasteiger partial charge in [0.25, 0.3) is 0 Å². The number of para-hydroxylation sites is 1. The molecular weight excluding hydrogens is 232 g/mol. The molecule has 1 rings (SSSR count). The standard InChI is InChI=1S/C13H22N2OS/c1-4-10(9-17-3)15-11-7-6-8-12(13(11)14)16-5-2/h6-8,10,15H,4-5,9,14H2,1-3H3. The fourth-order valence-corrected chi connectivity index (χ4v) is 2.36. The van der Waals surface area contributed by atoms with Gasteiger partial charge in [0, 0.05) is 11.8 Å². The molecule has 0 fully saturated rings. The molecule has 1 atom stereocenters. The summed E-state index contributed by atoms with van der Waals surface area (Å²) >= 11 is 1.84. The lowest BCUT2D eigenvalue weighted by molar-refractivity contribution is 0.342. The van der Waals surface area contributed by atoms with Gasteiger partial charge in [-0.1, -0.05) is 13.0 Å². The third-order valence-corrected chi connectivity index (χ3v) is 3.32. The molecule has 1 aromatic rings. The molecular formula is C13H22N2OS. The molecule has 0 aromatic heterocycles. The van der Waals surface area contributed by atoms with Crippen LogP contribution in [0.4, 0.5) is 11.4 Å². The van der Waals surface area contributed by atoms with Crippen molar-refractivity contribution < 1.29 is 4.74 Å². The van der Waals surface area contributed by atoms with Crippen molar-refractivity contribution in [1.29, 1.82) is 0 Å². The van der Waals surface area contributed by atoms with Gasteiger partial charge >= 0.3 is 0 Å². The Hall–Kier alpha value is -1.03. The van der Waals surface area contributed by atoms with Crippen LogP contribution in [-0.2, 0) is 0 Å². The number of rotatable bonds is 7. The van der Waals surface area contributed by atoms with Crippen LogP contribution in [0.25, 0.3) is 0 Å². The van der Waals surface area contributed by atoms with Gasteiger partial charge in [0.1, 0.15) is 5.75 Å². The fourth-order valence-electron chi connectivity index (χ4n) is 1.63. The summed E-state index contributed by atoms with van der Waals surface area (Å²) in [4.78, 5) is 0. The molecule has 0 spiro atoms. The van der Waals surface area contributed by atoms with Gasteiger partial charge in [-0.25, -0.2) is 0 Å². The summed E-state index contributed by atoms with van der Waals surface area (Å²) in [6.07, 6.45) is 3.20. The molecule has 17 heavy (non-hydrogen) atoms. The lowest BCUT2D eigenvalue weighted by atomic mass is 10.2. The summed E-state index contributed by atoms with van der Waals surface area (Å²) < 4.78 is 5.48. The number of ether oxygens (including phenoxy) is 1. The molecule has 0 radical (unpaired) electrons. The highest BCUT2D eigenvalue weighted by Crippen LogP contribution is 2.30. The minimum absolute atomic E-state index is 0.448. The topological polar surface area (TPSA) is 47.3 Å². The third kappa shape index (κ3) is 4.04. The molecule has 0 aliphatic carbocycles. The minimum Gasteiger partial charge on any atom is -0.492 e. The second kappa shape index (κ2) is 7.33. The van der Waals surface area contributed by atoms with Crippen molar-refractivity contribution >= 4 is 23.1 Å². The fraction of sp³-hybridized carbons (Fsp3) is 0.538. The smallest absolute Gasteiger partial charge is 0.144 e. The molecule has 1 unspecified atom stereocenters. The maximum atomic E-state index is 6.07. The van der Waals surface area contributed by atoms with Gasteiger partial charge in [-0.05, 0) is 31.7 Å². The van der Waals surface area contributed by atoms with E-state index < -0.39 is 0 Å². The van der Waals surface area contributed by atoms with E-state index in [0.29, 0.717) is 18.3 Å². The van der Waals surface area contributed by atoms with Crippen LogP contribution >= 0.6 is 11.8 Å². The van der Waals surface area contributed by atoms with Gasteiger partial charge < -0.3 is 15.8 Å². The molecule has 0 aliphatic heterocycles. The predicted octanol–water partition coefficient (Wildman–Crippen LogP) is 3.22. The van der Waals surface area contributed by atoms with Crippen LogP contribution in [0.5, 0.6) is 5.75 Å². The first-order valence-corrected chi connectivity index (χ1v) is 7.39. The summed E-state index contributed by atoms with van der Waals surface area (Å²) in [6.45, 7) is 4.77. The summed E-state index contributed by atoms with van der Waals surface area (Å²) in [6, 6.07) is 6.32. The van der Waals surface area contributed by atoms with Crippen molar-refractivity contribution in [3.8, 4) is 5.75 Å². The zero-order valence-electron chi connectivity index (χ0n) is 10.8. The molecule has 1 aromatic carbocycles. The van der Waals surface area contributed by atoms with Crippen molar-refractivity contribution in [2.75, 3.05) is 29.7 Å². The monoisotopic (exact) mass is 254 g/mol. The van der Waals surface area contributed by atoms with E-state index in [1.807, 2.05) is 36.9 Å². The van der Waals surface area contributed by atoms with Gasteiger partial charge in [-0.15, -0.1) is 0 Å². The summed E-state index contributed by atoms with van der Waals surface area (Å²) in [7, 11) is 0. The van der Waals surface area contributed by atoms with Crippen LogP contribution in [0.3, 0.4) is 0 Å². The highest BCUT2D eigenvalue weighted by Gasteiger charge is 2.10. The van der Waals surface area contributed by atoms with Gasteiger partial charge in [0.2, 0.25) is 0 Å². The number of nitrogen functional groups attached to an aromatic ring is 1. The van der Waals surface area contributed by atoms with Crippen molar-refractivity contribution in [3.05, 3.63) is 18.2 Å². The molecule has 0 saturated heterocycles. The van der Waals surface area contributed by atoms with Crippen molar-refractivity contribution in [3.63, 3.8) is 0 Å². The number of hydrogen-bond acceptors (Lipinski definition) is 4. The summed E-state index contributed by atoms with van der Waals surface area (Å²) in [5.74, 6) is 1.84. The molecule has 3 nitrogen and oxygen atoms in total. The van der Waals surface area contributed by atoms with Crippen LogP contribution in [0, 0.1) is 0 Å². The van der Waals surface area contributed by atoms with Crippen molar-refractivity contribution in [1.82, 2.24) is 0 Å². The number of nitrogens with two attached hydrogens (primary N) is 1. The molecule has 0 aliphatic rings. The Morgan fingerprint density at radius 3 is 2.76 bits per heavy atom. The Balaban J connectivity index is 2.79. The van der Waals surface area contributed by atoms with Crippen LogP contribution in [0.1, 0.15) is 20.3 Å². The van der Waals surface area contributed by atoms with Gasteiger partial charge in [0.05, 0.1) is 18.0 Å². The SMILES string of the molecule is CCOc1cccc(NC(CC)CSC)c1N. The summed E-state index contributed by atoms with van der Waals surface area (Å²) in [5.41, 5.74) is 7.75. The van der Waals surface area contributed by atoms with E-state index >= 15 is 0 Å². The molecule has 0 saturated carbocycles. The minimum atomic E-state index is 0.448. The van der Waals surface area contributed by atoms with E-state index in [1.165, 1.54) is 0 Å². The first-order chi connectivity index (χ1) is 8.22. The number of anilines is 2. The third-order valence-electron chi connectivity index (χ3n) is 2.59. The van der Waals surface area contributed by atoms with Gasteiger partial charge in [0.15, 0.2) is 0 Å². The van der Waals surface area contributed by atoms with E-state index in [0.717, 1.165) is 23.6 Å². The van der Waals surface area contributed by atoms with E-state index in [9.17, 15) is 0 Å². The van der Waals surface area contributed by atoms with E-state index in [4.69, 9.17) is 10.5 Å². The molecule has 3 N–H and O–H groups in total. The van der Waals surface area contributed by atoms with Gasteiger partial charge in [-0.2, -0.15) is 11.8 Å². The van der Waals surface area contributed by atoms with Crippen LogP contribution in [0.2, 0.25) is 0 Å². The van der Waals surface area contributed by atoms with Crippen molar-refractivity contribution in [2.45, 2.75) is 26.3 Å². The Kier molecular flexibility index (Phi) is 6.05. The second-order valence-corrected chi connectivity index (χ2v) is 4.77. The highest BCUT2D eigenvalue weighted by molar-refractivity contribution is 7.98. The average molecular weight is 254 g/mol. The predicted molar refractivity (Wildman–Crippen MR) is 78.1 cm³/mol. The van der Waals surface area contributed by atoms with E-state index in [-0.39, 0.29) is 0 Å². The largest absolute Gasteiger partial charge is 0.492 e. The lowest BCUT2D eigenvalue weighted by Crippen LogP contribution is -2.21. The quantitative estimate of drug-likeness (QED) is 0.733. The highest BCUT2D eigenvalue weighted by atomic mass is 32.2. The molecule has 96 valence electrons. The second-order valence-electron chi connectivity index (χ2n) is 3.86. The molecule has 0 amide bonds. The maximum Gasteiger partial charge on any atom is 0.144 e. The van der Waals surface area contributed by atoms with Crippen LogP contribution < -0.4 is 15.8 Å². The Morgan fingerprint density at radius 2 is 2.18 bits per heavy atom. The van der Waals surface area contributed by atoms with Crippen LogP contribution in [0.15, 0.2) is 18.2 Å². The maximum absolute atomic E-state index is 6.07. The lowest BCUT2D eigenvalue weighted by Gasteiger charge is -2.19. The zero-order valence-corrected chi connectivity index (χ0v) is 11.6. The molecule has 4 heteroatoms. The number of hydrogen-bond donors (Lipinski definition) is 2. The number of nitrogens with one attached hydrogen (secondary N) is 1. The average Bonchev–Trinajstić information content (AvgIpc) is 2.33. The first kappa shape index (κ1) is 14.0. The molecule has 0 bridgehead atoms. The number of thioether (sulfide) groups is 1. The van der Waals surface area contributed by atoms with Crippen LogP contribution in [-0.4, -0.2) is 24.7 Å². The summed E-state index contributed by atoms with van der Waals surface area (Å²) in [5, 5.41) is 3.47. The zero-order chi connectivity index (χ0) is 12.7. The number of benzene rings is 1. The van der Waals surface area contributed by atoms with Gasteiger partial charge in [-0.3, -0.25) is 0 Å². The Labute approximate surface area is 108 Å². The Bertz CT molecular complexity index is 344. The Morgan fingerprint density at radius 1 is 1.41 bits per heavy atom. The van der Waals surface area contributed by atoms with E-state index in [2.05, 4.69) is 18.5 Å².